The summed E-state index contributed by atoms with van der Waals surface area (Å²) in [5.74, 6) is -0.131. The van der Waals surface area contributed by atoms with Crippen molar-refractivity contribution in [3.05, 3.63) is 29.8 Å². The standard InChI is InChI=1S/C16H25N3O2/c1-5-16(6-2,11-17)15(21)18-13-9-7-12(8-10-13)14(20)19(3)4/h7-10H,5-6,11,17H2,1-4H3,(H,18,21). The Hall–Kier alpha value is -1.88. The largest absolute Gasteiger partial charge is 0.345 e. The molecule has 1 aromatic carbocycles. The van der Waals surface area contributed by atoms with Crippen LogP contribution in [-0.2, 0) is 4.79 Å². The molecule has 0 aliphatic rings. The summed E-state index contributed by atoms with van der Waals surface area (Å²) < 4.78 is 0. The van der Waals surface area contributed by atoms with Crippen LogP contribution in [0.5, 0.6) is 0 Å². The summed E-state index contributed by atoms with van der Waals surface area (Å²) in [6, 6.07) is 6.89. The van der Waals surface area contributed by atoms with Crippen LogP contribution in [0.4, 0.5) is 5.69 Å². The average molecular weight is 291 g/mol. The molecule has 5 heteroatoms. The predicted molar refractivity (Wildman–Crippen MR) is 85.2 cm³/mol. The molecule has 3 N–H and O–H groups in total. The number of nitrogens with two attached hydrogens (primary N) is 1. The smallest absolute Gasteiger partial charge is 0.253 e. The minimum Gasteiger partial charge on any atom is -0.345 e. The van der Waals surface area contributed by atoms with E-state index in [-0.39, 0.29) is 11.8 Å². The van der Waals surface area contributed by atoms with E-state index in [1.165, 1.54) is 4.90 Å². The van der Waals surface area contributed by atoms with Gasteiger partial charge in [-0.15, -0.1) is 0 Å². The van der Waals surface area contributed by atoms with Crippen LogP contribution in [0, 0.1) is 5.41 Å². The van der Waals surface area contributed by atoms with E-state index < -0.39 is 5.41 Å². The molecule has 1 aromatic rings. The van der Waals surface area contributed by atoms with Gasteiger partial charge in [0.25, 0.3) is 5.91 Å². The van der Waals surface area contributed by atoms with Gasteiger partial charge in [0, 0.05) is 31.9 Å². The molecular formula is C16H25N3O2. The van der Waals surface area contributed by atoms with Crippen LogP contribution in [0.1, 0.15) is 37.0 Å². The molecule has 0 spiro atoms. The summed E-state index contributed by atoms with van der Waals surface area (Å²) in [6.07, 6.45) is 1.39. The number of benzene rings is 1. The predicted octanol–water partition coefficient (Wildman–Crippen LogP) is 2.09. The molecule has 21 heavy (non-hydrogen) atoms. The molecule has 0 unspecified atom stereocenters. The van der Waals surface area contributed by atoms with Gasteiger partial charge in [-0.3, -0.25) is 9.59 Å². The number of anilines is 1. The molecule has 2 amide bonds. The SMILES string of the molecule is CCC(CC)(CN)C(=O)Nc1ccc(C(=O)N(C)C)cc1. The normalized spacial score (nSPS) is 11.1. The number of hydrogen-bond acceptors (Lipinski definition) is 3. The molecule has 0 aromatic heterocycles. The minimum atomic E-state index is -0.530. The molecule has 0 heterocycles. The van der Waals surface area contributed by atoms with Gasteiger partial charge in [0.15, 0.2) is 0 Å². The topological polar surface area (TPSA) is 75.4 Å². The molecule has 5 nitrogen and oxygen atoms in total. The second-order valence-corrected chi connectivity index (χ2v) is 5.42. The van der Waals surface area contributed by atoms with Crippen molar-refractivity contribution in [3.63, 3.8) is 0 Å². The number of amides is 2. The zero-order valence-electron chi connectivity index (χ0n) is 13.3. The summed E-state index contributed by atoms with van der Waals surface area (Å²) in [6.45, 7) is 4.26. The van der Waals surface area contributed by atoms with Crippen molar-refractivity contribution >= 4 is 17.5 Å². The number of nitrogens with zero attached hydrogens (tertiary/aromatic N) is 1. The number of rotatable bonds is 6. The van der Waals surface area contributed by atoms with E-state index in [4.69, 9.17) is 5.73 Å². The minimum absolute atomic E-state index is 0.0636. The Balaban J connectivity index is 2.85. The first kappa shape index (κ1) is 17.2. The molecular weight excluding hydrogens is 266 g/mol. The molecule has 0 saturated heterocycles. The van der Waals surface area contributed by atoms with Crippen LogP contribution in [0.25, 0.3) is 0 Å². The molecule has 0 fully saturated rings. The third-order valence-corrected chi connectivity index (χ3v) is 4.02. The molecule has 0 saturated carbocycles. The van der Waals surface area contributed by atoms with Gasteiger partial charge in [-0.25, -0.2) is 0 Å². The van der Waals surface area contributed by atoms with E-state index in [0.29, 0.717) is 30.6 Å². The van der Waals surface area contributed by atoms with Crippen molar-refractivity contribution in [2.24, 2.45) is 11.1 Å². The number of carbonyl (C=O) groups is 2. The lowest BCUT2D eigenvalue weighted by Crippen LogP contribution is -2.41. The highest BCUT2D eigenvalue weighted by molar-refractivity contribution is 5.97. The molecule has 1 rings (SSSR count). The fourth-order valence-electron chi connectivity index (χ4n) is 2.17. The van der Waals surface area contributed by atoms with Gasteiger partial charge in [0.05, 0.1) is 5.41 Å². The van der Waals surface area contributed by atoms with E-state index >= 15 is 0 Å². The highest BCUT2D eigenvalue weighted by Crippen LogP contribution is 2.27. The van der Waals surface area contributed by atoms with Gasteiger partial charge in [-0.05, 0) is 37.1 Å². The number of hydrogen-bond donors (Lipinski definition) is 2. The second kappa shape index (κ2) is 7.22. The Labute approximate surface area is 126 Å². The van der Waals surface area contributed by atoms with Crippen LogP contribution < -0.4 is 11.1 Å². The zero-order valence-corrected chi connectivity index (χ0v) is 13.3. The molecule has 0 atom stereocenters. The third kappa shape index (κ3) is 3.82. The molecule has 0 aliphatic heterocycles. The lowest BCUT2D eigenvalue weighted by molar-refractivity contribution is -0.125. The maximum absolute atomic E-state index is 12.4. The Kier molecular flexibility index (Phi) is 5.90. The van der Waals surface area contributed by atoms with Crippen molar-refractivity contribution in [1.29, 1.82) is 0 Å². The maximum Gasteiger partial charge on any atom is 0.253 e. The molecule has 0 aliphatic carbocycles. The maximum atomic E-state index is 12.4. The van der Waals surface area contributed by atoms with Gasteiger partial charge >= 0.3 is 0 Å². The van der Waals surface area contributed by atoms with Crippen LogP contribution in [0.15, 0.2) is 24.3 Å². The highest BCUT2D eigenvalue weighted by atomic mass is 16.2. The van der Waals surface area contributed by atoms with Gasteiger partial charge in [0.2, 0.25) is 5.91 Å². The summed E-state index contributed by atoms with van der Waals surface area (Å²) in [7, 11) is 3.41. The molecule has 0 radical (unpaired) electrons. The Morgan fingerprint density at radius 1 is 1.14 bits per heavy atom. The Morgan fingerprint density at radius 3 is 2.05 bits per heavy atom. The van der Waals surface area contributed by atoms with E-state index in [1.807, 2.05) is 13.8 Å². The quantitative estimate of drug-likeness (QED) is 0.842. The van der Waals surface area contributed by atoms with E-state index in [1.54, 1.807) is 38.4 Å². The fourth-order valence-corrected chi connectivity index (χ4v) is 2.17. The number of carbonyl (C=O) groups excluding carboxylic acids is 2. The first-order valence-corrected chi connectivity index (χ1v) is 7.23. The molecule has 0 bridgehead atoms. The van der Waals surface area contributed by atoms with Gasteiger partial charge < -0.3 is 16.0 Å². The van der Waals surface area contributed by atoms with Crippen molar-refractivity contribution in [2.75, 3.05) is 26.0 Å². The summed E-state index contributed by atoms with van der Waals surface area (Å²) >= 11 is 0. The van der Waals surface area contributed by atoms with Crippen LogP contribution >= 0.6 is 0 Å². The van der Waals surface area contributed by atoms with E-state index in [9.17, 15) is 9.59 Å². The summed E-state index contributed by atoms with van der Waals surface area (Å²) in [5, 5.41) is 2.89. The first-order chi connectivity index (χ1) is 9.90. The lowest BCUT2D eigenvalue weighted by Gasteiger charge is -2.28. The van der Waals surface area contributed by atoms with Gasteiger partial charge in [-0.1, -0.05) is 13.8 Å². The van der Waals surface area contributed by atoms with E-state index in [0.717, 1.165) is 0 Å². The van der Waals surface area contributed by atoms with E-state index in [2.05, 4.69) is 5.32 Å². The first-order valence-electron chi connectivity index (χ1n) is 7.23. The second-order valence-electron chi connectivity index (χ2n) is 5.42. The van der Waals surface area contributed by atoms with Gasteiger partial charge in [0.1, 0.15) is 0 Å². The van der Waals surface area contributed by atoms with Crippen molar-refractivity contribution in [3.8, 4) is 0 Å². The monoisotopic (exact) mass is 291 g/mol. The van der Waals surface area contributed by atoms with Crippen molar-refractivity contribution < 1.29 is 9.59 Å². The average Bonchev–Trinajstić information content (AvgIpc) is 2.49. The zero-order chi connectivity index (χ0) is 16.0. The van der Waals surface area contributed by atoms with Gasteiger partial charge in [-0.2, -0.15) is 0 Å². The summed E-state index contributed by atoms with van der Waals surface area (Å²) in [4.78, 5) is 25.7. The highest BCUT2D eigenvalue weighted by Gasteiger charge is 2.33. The Morgan fingerprint density at radius 2 is 1.67 bits per heavy atom. The number of nitrogens with one attached hydrogen (secondary N) is 1. The molecule has 116 valence electrons. The van der Waals surface area contributed by atoms with Crippen molar-refractivity contribution in [2.45, 2.75) is 26.7 Å². The fraction of sp³-hybridized carbons (Fsp3) is 0.500. The van der Waals surface area contributed by atoms with Crippen LogP contribution in [-0.4, -0.2) is 37.4 Å². The van der Waals surface area contributed by atoms with Crippen LogP contribution in [0.2, 0.25) is 0 Å². The summed E-state index contributed by atoms with van der Waals surface area (Å²) in [5.41, 5.74) is 6.51. The lowest BCUT2D eigenvalue weighted by atomic mass is 9.81. The third-order valence-electron chi connectivity index (χ3n) is 4.02. The van der Waals surface area contributed by atoms with Crippen molar-refractivity contribution in [1.82, 2.24) is 4.90 Å². The van der Waals surface area contributed by atoms with Crippen LogP contribution in [0.3, 0.4) is 0 Å². The Bertz CT molecular complexity index is 482.